The number of anilines is 2. The van der Waals surface area contributed by atoms with E-state index in [1.54, 1.807) is 0 Å². The van der Waals surface area contributed by atoms with Crippen LogP contribution in [-0.4, -0.2) is 105 Å². The Morgan fingerprint density at radius 1 is 1.07 bits per heavy atom. The number of nitrogens with one attached hydrogen (secondary N) is 1. The average molecular weight is 712 g/mol. The summed E-state index contributed by atoms with van der Waals surface area (Å²) in [6.45, 7) is -10.9. The van der Waals surface area contributed by atoms with Crippen LogP contribution in [0.5, 0.6) is 0 Å². The molecule has 3 saturated heterocycles. The van der Waals surface area contributed by atoms with Crippen LogP contribution in [0.1, 0.15) is 6.23 Å². The lowest BCUT2D eigenvalue weighted by molar-refractivity contribution is -0.0663. The smallest absolute Gasteiger partial charge is 0.325 e. The standard InChI is InChI=1S/C19H21F2N11O9P2S2/c20-8-6-1-37-43(35,45)41-12-7(36-3-19(12,21)31-5-26-9-13(22)24-4-25-14(9)31)2-38-42(34,44)40-11(8)17(39-6)32-15-10(29-30-32)16(33)28-18(23)27-15/h4-8,11-12,17H,1-3H2,(H,34,44)(H,35,45)(H2,22,24,25)(H3,23,27,28,33)/t6-,7-,8+,11-,12-,17-,19-,42?,43?/m1/s1. The number of fused-ring (bicyclic) bond motifs is 5. The van der Waals surface area contributed by atoms with E-state index in [1.807, 2.05) is 0 Å². The Balaban J connectivity index is 1.23. The van der Waals surface area contributed by atoms with Gasteiger partial charge in [-0.05, 0) is 23.6 Å². The van der Waals surface area contributed by atoms with Crippen LogP contribution in [0.25, 0.3) is 22.3 Å². The maximum atomic E-state index is 16.9. The summed E-state index contributed by atoms with van der Waals surface area (Å²) in [5.41, 5.74) is 10.4. The number of imidazole rings is 1. The highest BCUT2D eigenvalue weighted by atomic mass is 32.5. The number of aromatic nitrogens is 9. The summed E-state index contributed by atoms with van der Waals surface area (Å²) < 4.78 is 68.1. The summed E-state index contributed by atoms with van der Waals surface area (Å²) in [6.07, 6.45) is -7.95. The van der Waals surface area contributed by atoms with Crippen molar-refractivity contribution in [2.75, 3.05) is 31.3 Å². The van der Waals surface area contributed by atoms with Gasteiger partial charge < -0.3 is 39.8 Å². The van der Waals surface area contributed by atoms with Gasteiger partial charge in [-0.2, -0.15) is 9.67 Å². The minimum absolute atomic E-state index is 0.0233. The van der Waals surface area contributed by atoms with Crippen molar-refractivity contribution < 1.29 is 46.1 Å². The number of aromatic amines is 1. The van der Waals surface area contributed by atoms with Gasteiger partial charge in [0.1, 0.15) is 36.8 Å². The molecule has 0 amide bonds. The number of rotatable bonds is 2. The first-order valence-corrected chi connectivity index (χ1v) is 17.9. The molecule has 3 aliphatic rings. The Morgan fingerprint density at radius 2 is 1.80 bits per heavy atom. The molecule has 20 nitrogen and oxygen atoms in total. The summed E-state index contributed by atoms with van der Waals surface area (Å²) in [6, 6.07) is 0. The summed E-state index contributed by atoms with van der Waals surface area (Å²) in [5.74, 6) is -2.96. The molecule has 0 radical (unpaired) electrons. The molecule has 45 heavy (non-hydrogen) atoms. The van der Waals surface area contributed by atoms with E-state index in [2.05, 4.69) is 35.2 Å². The molecule has 3 aliphatic heterocycles. The van der Waals surface area contributed by atoms with Gasteiger partial charge in [-0.1, -0.05) is 5.21 Å². The number of nitrogens with two attached hydrogens (primary N) is 2. The fraction of sp³-hybridized carbons (Fsp3) is 0.526. The van der Waals surface area contributed by atoms with Crippen LogP contribution in [0.2, 0.25) is 0 Å². The number of nitrogens with zero attached hydrogens (tertiary/aromatic N) is 8. The van der Waals surface area contributed by atoms with E-state index in [0.717, 1.165) is 21.9 Å². The maximum absolute atomic E-state index is 16.9. The second kappa shape index (κ2) is 10.9. The third kappa shape index (κ3) is 5.33. The molecule has 7 rings (SSSR count). The van der Waals surface area contributed by atoms with E-state index >= 15 is 8.78 Å². The Morgan fingerprint density at radius 3 is 2.58 bits per heavy atom. The zero-order valence-corrected chi connectivity index (χ0v) is 25.6. The number of hydrogen-bond donors (Lipinski definition) is 5. The lowest BCUT2D eigenvalue weighted by atomic mass is 10.1. The molecule has 9 atom stereocenters. The van der Waals surface area contributed by atoms with Crippen molar-refractivity contribution >= 4 is 71.1 Å². The maximum Gasteiger partial charge on any atom is 0.325 e. The van der Waals surface area contributed by atoms with Crippen LogP contribution in [-0.2, 0) is 57.0 Å². The normalized spacial score (nSPS) is 37.7. The fourth-order valence-corrected chi connectivity index (χ4v) is 8.00. The van der Waals surface area contributed by atoms with Gasteiger partial charge >= 0.3 is 13.4 Å². The van der Waals surface area contributed by atoms with Crippen molar-refractivity contribution in [1.82, 2.24) is 44.5 Å². The predicted molar refractivity (Wildman–Crippen MR) is 152 cm³/mol. The van der Waals surface area contributed by atoms with Crippen molar-refractivity contribution in [3.05, 3.63) is 23.0 Å². The molecule has 0 aliphatic carbocycles. The number of alkyl halides is 2. The first-order chi connectivity index (χ1) is 21.3. The van der Waals surface area contributed by atoms with Crippen molar-refractivity contribution in [2.24, 2.45) is 0 Å². The molecule has 7 N–H and O–H groups in total. The van der Waals surface area contributed by atoms with E-state index in [1.165, 1.54) is 0 Å². The van der Waals surface area contributed by atoms with Gasteiger partial charge in [0.25, 0.3) is 5.56 Å². The summed E-state index contributed by atoms with van der Waals surface area (Å²) in [5, 5.41) is 7.55. The zero-order chi connectivity index (χ0) is 31.9. The molecular weight excluding hydrogens is 690 g/mol. The third-order valence-corrected chi connectivity index (χ3v) is 10.3. The molecule has 0 aromatic carbocycles. The first-order valence-electron chi connectivity index (χ1n) is 12.7. The number of H-pyrrole nitrogens is 1. The molecule has 26 heteroatoms. The lowest BCUT2D eigenvalue weighted by Gasteiger charge is -2.32. The molecule has 0 saturated carbocycles. The highest BCUT2D eigenvalue weighted by Gasteiger charge is 2.57. The first kappa shape index (κ1) is 30.9. The quantitative estimate of drug-likeness (QED) is 0.156. The van der Waals surface area contributed by atoms with Crippen LogP contribution < -0.4 is 17.0 Å². The van der Waals surface area contributed by atoms with Crippen molar-refractivity contribution in [3.63, 3.8) is 0 Å². The Labute approximate surface area is 258 Å². The molecule has 2 bridgehead atoms. The van der Waals surface area contributed by atoms with Crippen LogP contribution >= 0.6 is 13.4 Å². The Hall–Kier alpha value is -2.73. The predicted octanol–water partition coefficient (Wildman–Crippen LogP) is -0.974. The van der Waals surface area contributed by atoms with Gasteiger partial charge in [0.15, 0.2) is 41.1 Å². The van der Waals surface area contributed by atoms with Gasteiger partial charge in [0, 0.05) is 0 Å². The fourth-order valence-electron chi connectivity index (χ4n) is 5.15. The zero-order valence-electron chi connectivity index (χ0n) is 22.2. The number of nitrogen functional groups attached to an aromatic ring is 2. The monoisotopic (exact) mass is 711 g/mol. The van der Waals surface area contributed by atoms with Gasteiger partial charge in [-0.3, -0.25) is 23.4 Å². The molecule has 4 aromatic heterocycles. The molecule has 2 unspecified atom stereocenters. The summed E-state index contributed by atoms with van der Waals surface area (Å²) >= 11 is 10.3. The number of halogens is 2. The van der Waals surface area contributed by atoms with Crippen LogP contribution in [0.4, 0.5) is 20.5 Å². The van der Waals surface area contributed by atoms with Gasteiger partial charge in [-0.25, -0.2) is 23.7 Å². The van der Waals surface area contributed by atoms with Crippen LogP contribution in [0, 0.1) is 0 Å². The molecular formula is C19H21F2N11O9P2S2. The molecule has 242 valence electrons. The molecule has 7 heterocycles. The second-order valence-corrected chi connectivity index (χ2v) is 15.6. The topological polar surface area (TPSA) is 268 Å². The molecule has 4 aromatic rings. The minimum Gasteiger partial charge on any atom is -0.382 e. The van der Waals surface area contributed by atoms with E-state index in [4.69, 9.17) is 62.6 Å². The van der Waals surface area contributed by atoms with E-state index in [-0.39, 0.29) is 34.1 Å². The van der Waals surface area contributed by atoms with Crippen molar-refractivity contribution in [1.29, 1.82) is 0 Å². The minimum atomic E-state index is -4.41. The third-order valence-electron chi connectivity index (χ3n) is 7.20. The summed E-state index contributed by atoms with van der Waals surface area (Å²) in [4.78, 5) is 52.4. The molecule has 3 fully saturated rings. The number of ether oxygens (including phenoxy) is 2. The Kier molecular flexibility index (Phi) is 7.50. The largest absolute Gasteiger partial charge is 0.382 e. The van der Waals surface area contributed by atoms with E-state index in [9.17, 15) is 14.6 Å². The Bertz CT molecular complexity index is 1970. The highest BCUT2D eigenvalue weighted by Crippen LogP contribution is 2.55. The average Bonchev–Trinajstić information content (AvgIpc) is 3.73. The van der Waals surface area contributed by atoms with Crippen LogP contribution in [0.3, 0.4) is 0 Å². The van der Waals surface area contributed by atoms with E-state index in [0.29, 0.717) is 0 Å². The van der Waals surface area contributed by atoms with Crippen LogP contribution in [0.15, 0.2) is 17.4 Å². The van der Waals surface area contributed by atoms with Gasteiger partial charge in [-0.15, -0.1) is 5.10 Å². The number of hydrogen-bond acceptors (Lipinski definition) is 17. The van der Waals surface area contributed by atoms with Gasteiger partial charge in [0.05, 0.1) is 19.5 Å². The summed E-state index contributed by atoms with van der Waals surface area (Å²) in [7, 11) is 0. The lowest BCUT2D eigenvalue weighted by Crippen LogP contribution is -2.45. The molecule has 0 spiro atoms. The second-order valence-electron chi connectivity index (χ2n) is 10.0. The van der Waals surface area contributed by atoms with E-state index < -0.39 is 81.4 Å². The SMILES string of the molecule is Nc1nc2c(nnn2[C@@H]2O[C@@H]3COP(O)(=S)O[C@@H]4[C@@H](COP(O)(=S)O[C@@H]2[C@H]3F)OC[C@@]4(F)n2cnc3c(N)ncnc32)c(=O)[nH]1. The van der Waals surface area contributed by atoms with Gasteiger partial charge in [0.2, 0.25) is 11.7 Å². The van der Waals surface area contributed by atoms with Crippen molar-refractivity contribution in [3.8, 4) is 0 Å². The highest BCUT2D eigenvalue weighted by molar-refractivity contribution is 8.07. The van der Waals surface area contributed by atoms with Crippen molar-refractivity contribution in [2.45, 2.75) is 42.6 Å².